The minimum absolute atomic E-state index is 0.149. The summed E-state index contributed by atoms with van der Waals surface area (Å²) in [5.41, 5.74) is 8.51. The summed E-state index contributed by atoms with van der Waals surface area (Å²) < 4.78 is 27.3. The number of nitrogens with zero attached hydrogens (tertiary/aromatic N) is 1. The molecule has 0 heterocycles. The van der Waals surface area contributed by atoms with E-state index in [0.29, 0.717) is 22.5 Å². The molecule has 0 amide bonds. The van der Waals surface area contributed by atoms with E-state index in [0.717, 1.165) is 5.56 Å². The number of nitrogen functional groups attached to an aromatic ring is 1. The number of nitrogens with two attached hydrogens (primary N) is 1. The van der Waals surface area contributed by atoms with E-state index in [1.165, 1.54) is 12.1 Å². The lowest BCUT2D eigenvalue weighted by atomic mass is 10.2. The molecule has 0 aromatic heterocycles. The lowest BCUT2D eigenvalue weighted by Crippen LogP contribution is -2.14. The molecule has 0 atom stereocenters. The molecular formula is C15H15N3O2S. The molecule has 0 saturated heterocycles. The Morgan fingerprint density at radius 2 is 1.81 bits per heavy atom. The van der Waals surface area contributed by atoms with Gasteiger partial charge < -0.3 is 5.73 Å². The van der Waals surface area contributed by atoms with Gasteiger partial charge in [-0.1, -0.05) is 0 Å². The van der Waals surface area contributed by atoms with Crippen LogP contribution in [-0.4, -0.2) is 8.42 Å². The molecule has 6 heteroatoms. The highest BCUT2D eigenvalue weighted by Gasteiger charge is 2.17. The summed E-state index contributed by atoms with van der Waals surface area (Å²) in [6.07, 6.45) is 0. The molecule has 0 unspecified atom stereocenters. The number of anilines is 2. The van der Waals surface area contributed by atoms with Crippen molar-refractivity contribution in [3.05, 3.63) is 53.1 Å². The molecule has 2 aromatic carbocycles. The van der Waals surface area contributed by atoms with E-state index in [1.807, 2.05) is 6.07 Å². The number of hydrogen-bond donors (Lipinski definition) is 2. The summed E-state index contributed by atoms with van der Waals surface area (Å²) >= 11 is 0. The van der Waals surface area contributed by atoms with Crippen LogP contribution in [0.15, 0.2) is 41.3 Å². The van der Waals surface area contributed by atoms with Crippen LogP contribution in [0.5, 0.6) is 0 Å². The molecule has 0 bridgehead atoms. The first-order valence-corrected chi connectivity index (χ1v) is 7.71. The van der Waals surface area contributed by atoms with Crippen molar-refractivity contribution in [2.24, 2.45) is 0 Å². The quantitative estimate of drug-likeness (QED) is 0.851. The lowest BCUT2D eigenvalue weighted by molar-refractivity contribution is 0.600. The van der Waals surface area contributed by atoms with Gasteiger partial charge in [-0.15, -0.1) is 0 Å². The third-order valence-electron chi connectivity index (χ3n) is 3.12. The summed E-state index contributed by atoms with van der Waals surface area (Å²) in [5, 5.41) is 8.82. The highest BCUT2D eigenvalue weighted by molar-refractivity contribution is 7.92. The fourth-order valence-corrected chi connectivity index (χ4v) is 3.25. The van der Waals surface area contributed by atoms with Crippen molar-refractivity contribution in [2.75, 3.05) is 10.5 Å². The molecule has 5 nitrogen and oxygen atoms in total. The van der Waals surface area contributed by atoms with Crippen LogP contribution in [0.1, 0.15) is 16.7 Å². The van der Waals surface area contributed by atoms with Gasteiger partial charge in [-0.2, -0.15) is 5.26 Å². The van der Waals surface area contributed by atoms with Crippen molar-refractivity contribution in [1.29, 1.82) is 5.26 Å². The second-order valence-corrected chi connectivity index (χ2v) is 6.42. The van der Waals surface area contributed by atoms with E-state index < -0.39 is 10.0 Å². The Balaban J connectivity index is 2.38. The van der Waals surface area contributed by atoms with E-state index in [-0.39, 0.29) is 4.90 Å². The van der Waals surface area contributed by atoms with Crippen LogP contribution in [0.3, 0.4) is 0 Å². The minimum atomic E-state index is -3.70. The Hall–Kier alpha value is -2.52. The van der Waals surface area contributed by atoms with Crippen LogP contribution in [0.25, 0.3) is 0 Å². The van der Waals surface area contributed by atoms with Crippen molar-refractivity contribution < 1.29 is 8.42 Å². The molecule has 0 aliphatic rings. The van der Waals surface area contributed by atoms with Gasteiger partial charge in [0.2, 0.25) is 0 Å². The Morgan fingerprint density at radius 3 is 2.38 bits per heavy atom. The van der Waals surface area contributed by atoms with Gasteiger partial charge in [-0.3, -0.25) is 4.72 Å². The predicted octanol–water partition coefficient (Wildman–Crippen LogP) is 2.56. The molecule has 0 aliphatic carbocycles. The maximum Gasteiger partial charge on any atom is 0.262 e. The standard InChI is InChI=1S/C15H15N3O2S/c1-10-8-13(4-5-14(10)17)18-21(19,20)15-6-3-12(9-16)7-11(15)2/h3-8,18H,17H2,1-2H3. The Kier molecular flexibility index (Phi) is 3.87. The second kappa shape index (κ2) is 5.46. The average Bonchev–Trinajstić information content (AvgIpc) is 2.42. The third-order valence-corrected chi connectivity index (χ3v) is 4.66. The molecule has 0 spiro atoms. The van der Waals surface area contributed by atoms with Gasteiger partial charge >= 0.3 is 0 Å². The van der Waals surface area contributed by atoms with Gasteiger partial charge in [0.1, 0.15) is 0 Å². The zero-order chi connectivity index (χ0) is 15.6. The number of nitrogens with one attached hydrogen (secondary N) is 1. The van der Waals surface area contributed by atoms with Crippen LogP contribution >= 0.6 is 0 Å². The zero-order valence-electron chi connectivity index (χ0n) is 11.7. The first kappa shape index (κ1) is 14.9. The zero-order valence-corrected chi connectivity index (χ0v) is 12.5. The number of sulfonamides is 1. The smallest absolute Gasteiger partial charge is 0.262 e. The summed E-state index contributed by atoms with van der Waals surface area (Å²) in [6.45, 7) is 3.46. The molecule has 2 aromatic rings. The average molecular weight is 301 g/mol. The van der Waals surface area contributed by atoms with Gasteiger partial charge in [0, 0.05) is 11.4 Å². The largest absolute Gasteiger partial charge is 0.399 e. The fourth-order valence-electron chi connectivity index (χ4n) is 1.97. The van der Waals surface area contributed by atoms with Crippen molar-refractivity contribution in [3.8, 4) is 6.07 Å². The molecule has 0 radical (unpaired) electrons. The van der Waals surface area contributed by atoms with Gasteiger partial charge in [0.05, 0.1) is 16.5 Å². The number of rotatable bonds is 3. The van der Waals surface area contributed by atoms with Crippen molar-refractivity contribution in [2.45, 2.75) is 18.7 Å². The normalized spacial score (nSPS) is 10.9. The Labute approximate surface area is 124 Å². The Morgan fingerprint density at radius 1 is 1.10 bits per heavy atom. The molecule has 2 rings (SSSR count). The predicted molar refractivity (Wildman–Crippen MR) is 82.3 cm³/mol. The molecule has 3 N–H and O–H groups in total. The van der Waals surface area contributed by atoms with Crippen LogP contribution in [0, 0.1) is 25.2 Å². The molecule has 0 fully saturated rings. The molecule has 108 valence electrons. The van der Waals surface area contributed by atoms with Crippen LogP contribution in [0.2, 0.25) is 0 Å². The molecular weight excluding hydrogens is 286 g/mol. The number of aryl methyl sites for hydroxylation is 2. The van der Waals surface area contributed by atoms with Gasteiger partial charge in [0.25, 0.3) is 10.0 Å². The van der Waals surface area contributed by atoms with E-state index in [2.05, 4.69) is 4.72 Å². The van der Waals surface area contributed by atoms with Crippen LogP contribution in [-0.2, 0) is 10.0 Å². The first-order chi connectivity index (χ1) is 9.83. The van der Waals surface area contributed by atoms with Gasteiger partial charge in [-0.05, 0) is 61.4 Å². The summed E-state index contributed by atoms with van der Waals surface area (Å²) in [6, 6.07) is 11.4. The minimum Gasteiger partial charge on any atom is -0.399 e. The van der Waals surface area contributed by atoms with Crippen LogP contribution in [0.4, 0.5) is 11.4 Å². The molecule has 0 aliphatic heterocycles. The van der Waals surface area contributed by atoms with Crippen molar-refractivity contribution in [3.63, 3.8) is 0 Å². The summed E-state index contributed by atoms with van der Waals surface area (Å²) in [4.78, 5) is 0.149. The number of benzene rings is 2. The summed E-state index contributed by atoms with van der Waals surface area (Å²) in [5.74, 6) is 0. The molecule has 21 heavy (non-hydrogen) atoms. The molecule has 0 saturated carbocycles. The lowest BCUT2D eigenvalue weighted by Gasteiger charge is -2.11. The monoisotopic (exact) mass is 301 g/mol. The van der Waals surface area contributed by atoms with Crippen molar-refractivity contribution in [1.82, 2.24) is 0 Å². The third kappa shape index (κ3) is 3.15. The number of nitriles is 1. The maximum atomic E-state index is 12.4. The van der Waals surface area contributed by atoms with Gasteiger partial charge in [0.15, 0.2) is 0 Å². The van der Waals surface area contributed by atoms with E-state index in [4.69, 9.17) is 11.0 Å². The van der Waals surface area contributed by atoms with E-state index in [9.17, 15) is 8.42 Å². The topological polar surface area (TPSA) is 96.0 Å². The fraction of sp³-hybridized carbons (Fsp3) is 0.133. The number of hydrogen-bond acceptors (Lipinski definition) is 4. The first-order valence-electron chi connectivity index (χ1n) is 6.23. The Bertz CT molecular complexity index is 836. The maximum absolute atomic E-state index is 12.4. The highest BCUT2D eigenvalue weighted by Crippen LogP contribution is 2.22. The van der Waals surface area contributed by atoms with Crippen LogP contribution < -0.4 is 10.5 Å². The second-order valence-electron chi connectivity index (χ2n) is 4.77. The highest BCUT2D eigenvalue weighted by atomic mass is 32.2. The van der Waals surface area contributed by atoms with Gasteiger partial charge in [-0.25, -0.2) is 8.42 Å². The van der Waals surface area contributed by atoms with E-state index in [1.54, 1.807) is 38.1 Å². The van der Waals surface area contributed by atoms with Crippen molar-refractivity contribution >= 4 is 21.4 Å². The van der Waals surface area contributed by atoms with E-state index >= 15 is 0 Å². The SMILES string of the molecule is Cc1cc(NS(=O)(=O)c2ccc(C#N)cc2C)ccc1N. The summed E-state index contributed by atoms with van der Waals surface area (Å²) in [7, 11) is -3.70.